The Labute approximate surface area is 195 Å². The summed E-state index contributed by atoms with van der Waals surface area (Å²) in [6.07, 6.45) is 4.62. The number of thiazole rings is 1. The summed E-state index contributed by atoms with van der Waals surface area (Å²) >= 11 is 8.40. The summed E-state index contributed by atoms with van der Waals surface area (Å²) in [5.74, 6) is 1.75. The predicted molar refractivity (Wildman–Crippen MR) is 125 cm³/mol. The van der Waals surface area contributed by atoms with Crippen LogP contribution in [0.3, 0.4) is 0 Å². The summed E-state index contributed by atoms with van der Waals surface area (Å²) in [6, 6.07) is 8.18. The highest BCUT2D eigenvalue weighted by atomic mass is 79.9. The van der Waals surface area contributed by atoms with Crippen LogP contribution in [0.25, 0.3) is 10.4 Å². The van der Waals surface area contributed by atoms with E-state index < -0.39 is 0 Å². The molecule has 1 aliphatic carbocycles. The summed E-state index contributed by atoms with van der Waals surface area (Å²) in [5, 5.41) is 4.21. The number of likely N-dealkylation sites (tertiary alicyclic amines) is 1. The highest BCUT2D eigenvalue weighted by Crippen LogP contribution is 2.50. The van der Waals surface area contributed by atoms with Gasteiger partial charge in [-0.15, -0.1) is 11.3 Å². The Morgan fingerprint density at radius 1 is 1.20 bits per heavy atom. The van der Waals surface area contributed by atoms with E-state index in [1.807, 2.05) is 36.1 Å². The summed E-state index contributed by atoms with van der Waals surface area (Å²) in [6.45, 7) is 3.40. The summed E-state index contributed by atoms with van der Waals surface area (Å²) in [7, 11) is 0. The molecule has 5 rings (SSSR count). The Bertz CT molecular complexity index is 1090. The smallest absolute Gasteiger partial charge is 0.274 e. The van der Waals surface area contributed by atoms with Crippen molar-refractivity contribution in [2.45, 2.75) is 19.4 Å². The van der Waals surface area contributed by atoms with Gasteiger partial charge in [-0.2, -0.15) is 0 Å². The second kappa shape index (κ2) is 8.01. The first kappa shape index (κ1) is 20.1. The number of nitrogens with zero attached hydrogens (tertiary/aromatic N) is 4. The summed E-state index contributed by atoms with van der Waals surface area (Å²) < 4.78 is 1.86. The number of anilines is 1. The molecule has 3 heterocycles. The fourth-order valence-electron chi connectivity index (χ4n) is 4.17. The average molecular weight is 549 g/mol. The van der Waals surface area contributed by atoms with E-state index in [-0.39, 0.29) is 11.9 Å². The van der Waals surface area contributed by atoms with Crippen LogP contribution in [-0.4, -0.2) is 44.9 Å². The average Bonchev–Trinajstić information content (AvgIpc) is 3.25. The van der Waals surface area contributed by atoms with Gasteiger partial charge in [0.25, 0.3) is 5.91 Å². The van der Waals surface area contributed by atoms with Crippen molar-refractivity contribution in [3.05, 3.63) is 56.3 Å². The van der Waals surface area contributed by atoms with Gasteiger partial charge in [-0.05, 0) is 58.8 Å². The quantitative estimate of drug-likeness (QED) is 0.485. The Balaban J connectivity index is 1.38. The van der Waals surface area contributed by atoms with Gasteiger partial charge in [0.2, 0.25) is 5.95 Å². The van der Waals surface area contributed by atoms with E-state index in [4.69, 9.17) is 0 Å². The van der Waals surface area contributed by atoms with Crippen LogP contribution in [0.2, 0.25) is 0 Å². The second-order valence-corrected chi connectivity index (χ2v) is 10.7. The first-order valence-electron chi connectivity index (χ1n) is 9.75. The van der Waals surface area contributed by atoms with Crippen molar-refractivity contribution >= 4 is 55.1 Å². The highest BCUT2D eigenvalue weighted by Gasteiger charge is 2.54. The molecular formula is C21H19Br2N5OS. The van der Waals surface area contributed by atoms with E-state index in [0.29, 0.717) is 30.0 Å². The fourth-order valence-corrected chi connectivity index (χ4v) is 5.56. The number of carbonyl (C=O) groups is 1. The Morgan fingerprint density at radius 3 is 2.67 bits per heavy atom. The minimum absolute atomic E-state index is 0.0213. The van der Waals surface area contributed by atoms with Gasteiger partial charge in [-0.25, -0.2) is 15.0 Å². The van der Waals surface area contributed by atoms with Crippen molar-refractivity contribution in [3.63, 3.8) is 0 Å². The lowest BCUT2D eigenvalue weighted by Crippen LogP contribution is -2.42. The predicted octanol–water partition coefficient (Wildman–Crippen LogP) is 5.01. The number of halogens is 2. The van der Waals surface area contributed by atoms with Crippen LogP contribution in [0.15, 0.2) is 45.6 Å². The molecule has 1 saturated carbocycles. The number of aryl methyl sites for hydroxylation is 1. The van der Waals surface area contributed by atoms with Gasteiger partial charge in [0, 0.05) is 30.0 Å². The SMILES string of the molecule is Cc1nc(C(=O)N2C[C@@H]3C[C@@H]3[C@H]2CNc2ncc(Br)cn2)c(-c2ccc(Br)cc2)s1. The Kier molecular flexibility index (Phi) is 5.37. The standard InChI is InChI=1S/C21H19Br2N5OS/c1-11-27-18(19(30-11)12-2-4-14(22)5-3-12)20(29)28-10-13-6-16(13)17(28)9-26-21-24-7-15(23)8-25-21/h2-5,7-8,13,16-17H,6,9-10H2,1H3,(H,24,25,26)/t13-,16-,17+/m0/s1. The number of carbonyl (C=O) groups excluding carboxylic acids is 1. The van der Waals surface area contributed by atoms with Crippen LogP contribution in [0.4, 0.5) is 5.95 Å². The van der Waals surface area contributed by atoms with Crippen LogP contribution < -0.4 is 5.32 Å². The molecule has 9 heteroatoms. The maximum atomic E-state index is 13.5. The van der Waals surface area contributed by atoms with Crippen molar-refractivity contribution < 1.29 is 4.79 Å². The highest BCUT2D eigenvalue weighted by molar-refractivity contribution is 9.10. The van der Waals surface area contributed by atoms with Crippen LogP contribution in [0.5, 0.6) is 0 Å². The van der Waals surface area contributed by atoms with Gasteiger partial charge in [0.05, 0.1) is 20.4 Å². The molecule has 1 N–H and O–H groups in total. The number of hydrogen-bond donors (Lipinski definition) is 1. The number of rotatable bonds is 5. The maximum absolute atomic E-state index is 13.5. The molecule has 6 nitrogen and oxygen atoms in total. The van der Waals surface area contributed by atoms with E-state index >= 15 is 0 Å². The van der Waals surface area contributed by atoms with E-state index in [2.05, 4.69) is 52.1 Å². The van der Waals surface area contributed by atoms with Crippen LogP contribution in [0, 0.1) is 18.8 Å². The van der Waals surface area contributed by atoms with Crippen LogP contribution in [0.1, 0.15) is 21.9 Å². The van der Waals surface area contributed by atoms with Crippen molar-refractivity contribution in [3.8, 4) is 10.4 Å². The van der Waals surface area contributed by atoms with Gasteiger partial charge < -0.3 is 10.2 Å². The molecule has 3 atom stereocenters. The number of aromatic nitrogens is 3. The molecule has 1 saturated heterocycles. The third kappa shape index (κ3) is 3.90. The molecule has 2 aliphatic rings. The third-order valence-corrected chi connectivity index (χ3v) is 7.65. The normalized spacial score (nSPS) is 22.1. The molecule has 1 aliphatic heterocycles. The lowest BCUT2D eigenvalue weighted by molar-refractivity contribution is 0.0711. The number of benzene rings is 1. The van der Waals surface area contributed by atoms with Crippen molar-refractivity contribution in [2.24, 2.45) is 11.8 Å². The lowest BCUT2D eigenvalue weighted by atomic mass is 10.1. The largest absolute Gasteiger partial charge is 0.352 e. The van der Waals surface area contributed by atoms with E-state index in [1.165, 1.54) is 6.42 Å². The molecule has 1 amide bonds. The monoisotopic (exact) mass is 547 g/mol. The number of amides is 1. The zero-order valence-corrected chi connectivity index (χ0v) is 20.2. The number of hydrogen-bond acceptors (Lipinski definition) is 6. The van der Waals surface area contributed by atoms with E-state index in [1.54, 1.807) is 23.7 Å². The van der Waals surface area contributed by atoms with E-state index in [9.17, 15) is 4.79 Å². The molecule has 30 heavy (non-hydrogen) atoms. The second-order valence-electron chi connectivity index (χ2n) is 7.71. The van der Waals surface area contributed by atoms with Gasteiger partial charge in [-0.1, -0.05) is 28.1 Å². The molecule has 0 bridgehead atoms. The van der Waals surface area contributed by atoms with Crippen molar-refractivity contribution in [1.29, 1.82) is 0 Å². The summed E-state index contributed by atoms with van der Waals surface area (Å²) in [5.41, 5.74) is 1.58. The molecule has 2 aromatic heterocycles. The first-order chi connectivity index (χ1) is 14.5. The van der Waals surface area contributed by atoms with Crippen LogP contribution >= 0.6 is 43.2 Å². The lowest BCUT2D eigenvalue weighted by Gasteiger charge is -2.27. The van der Waals surface area contributed by atoms with Gasteiger partial charge >= 0.3 is 0 Å². The molecular weight excluding hydrogens is 530 g/mol. The number of fused-ring (bicyclic) bond motifs is 1. The summed E-state index contributed by atoms with van der Waals surface area (Å²) in [4.78, 5) is 29.7. The molecule has 154 valence electrons. The molecule has 3 aromatic rings. The first-order valence-corrected chi connectivity index (χ1v) is 12.2. The van der Waals surface area contributed by atoms with Gasteiger partial charge in [-0.3, -0.25) is 4.79 Å². The zero-order valence-electron chi connectivity index (χ0n) is 16.2. The van der Waals surface area contributed by atoms with Crippen LogP contribution in [-0.2, 0) is 0 Å². The zero-order chi connectivity index (χ0) is 20.8. The molecule has 0 radical (unpaired) electrons. The van der Waals surface area contributed by atoms with Crippen molar-refractivity contribution in [1.82, 2.24) is 19.9 Å². The molecule has 0 spiro atoms. The van der Waals surface area contributed by atoms with Gasteiger partial charge in [0.1, 0.15) is 5.69 Å². The van der Waals surface area contributed by atoms with E-state index in [0.717, 1.165) is 30.9 Å². The topological polar surface area (TPSA) is 71.0 Å². The van der Waals surface area contributed by atoms with Gasteiger partial charge in [0.15, 0.2) is 0 Å². The Hall–Kier alpha value is -1.84. The molecule has 1 aromatic carbocycles. The fraction of sp³-hybridized carbons (Fsp3) is 0.333. The van der Waals surface area contributed by atoms with Crippen molar-refractivity contribution in [2.75, 3.05) is 18.4 Å². The maximum Gasteiger partial charge on any atom is 0.274 e. The number of piperidine rings is 1. The Morgan fingerprint density at radius 2 is 1.93 bits per heavy atom. The third-order valence-electron chi connectivity index (χ3n) is 5.70. The minimum Gasteiger partial charge on any atom is -0.352 e. The minimum atomic E-state index is 0.0213. The molecule has 0 unspecified atom stereocenters. The molecule has 2 fully saturated rings. The number of nitrogens with one attached hydrogen (secondary N) is 1.